The van der Waals surface area contributed by atoms with E-state index < -0.39 is 0 Å². The summed E-state index contributed by atoms with van der Waals surface area (Å²) in [6, 6.07) is 1.95. The maximum absolute atomic E-state index is 6.03. The standard InChI is InChI=1S/C7H9ClN4/c8-5-3-11-12-7(5)6-1-2-9-4-10-6/h1-2,4-5,7,11-12H,3H2. The van der Waals surface area contributed by atoms with Gasteiger partial charge in [-0.2, -0.15) is 0 Å². The summed E-state index contributed by atoms with van der Waals surface area (Å²) in [5.41, 5.74) is 6.95. The number of hydrogen-bond acceptors (Lipinski definition) is 4. The fourth-order valence-electron chi connectivity index (χ4n) is 1.22. The molecule has 4 nitrogen and oxygen atoms in total. The lowest BCUT2D eigenvalue weighted by Gasteiger charge is -2.10. The molecule has 0 aliphatic carbocycles. The van der Waals surface area contributed by atoms with Gasteiger partial charge in [-0.05, 0) is 6.07 Å². The van der Waals surface area contributed by atoms with Crippen molar-refractivity contribution in [3.05, 3.63) is 24.3 Å². The fourth-order valence-corrected chi connectivity index (χ4v) is 1.49. The summed E-state index contributed by atoms with van der Waals surface area (Å²) in [5, 5.41) is 0.0555. The molecule has 12 heavy (non-hydrogen) atoms. The van der Waals surface area contributed by atoms with E-state index in [0.29, 0.717) is 0 Å². The first-order valence-corrected chi connectivity index (χ1v) is 4.20. The van der Waals surface area contributed by atoms with Gasteiger partial charge in [-0.1, -0.05) is 0 Å². The molecule has 2 unspecified atom stereocenters. The van der Waals surface area contributed by atoms with Crippen LogP contribution in [-0.4, -0.2) is 21.9 Å². The molecule has 1 aliphatic rings. The van der Waals surface area contributed by atoms with Gasteiger partial charge >= 0.3 is 0 Å². The second-order valence-corrected chi connectivity index (χ2v) is 3.21. The van der Waals surface area contributed by atoms with Crippen LogP contribution in [0.5, 0.6) is 0 Å². The van der Waals surface area contributed by atoms with Crippen molar-refractivity contribution in [1.29, 1.82) is 0 Å². The number of halogens is 1. The highest BCUT2D eigenvalue weighted by Gasteiger charge is 2.26. The lowest BCUT2D eigenvalue weighted by Crippen LogP contribution is -2.25. The molecule has 1 saturated heterocycles. The van der Waals surface area contributed by atoms with Crippen LogP contribution in [0.15, 0.2) is 18.6 Å². The maximum Gasteiger partial charge on any atom is 0.115 e. The van der Waals surface area contributed by atoms with Crippen molar-refractivity contribution in [2.24, 2.45) is 0 Å². The van der Waals surface area contributed by atoms with Crippen LogP contribution in [0.2, 0.25) is 0 Å². The monoisotopic (exact) mass is 184 g/mol. The first-order chi connectivity index (χ1) is 5.88. The zero-order chi connectivity index (χ0) is 8.39. The summed E-state index contributed by atoms with van der Waals surface area (Å²) in [5.74, 6) is 0. The van der Waals surface area contributed by atoms with Gasteiger partial charge in [-0.3, -0.25) is 5.43 Å². The minimum absolute atomic E-state index is 0.0555. The molecule has 0 amide bonds. The highest BCUT2D eigenvalue weighted by atomic mass is 35.5. The minimum Gasteiger partial charge on any atom is -0.256 e. The molecule has 2 atom stereocenters. The third-order valence-electron chi connectivity index (χ3n) is 1.84. The van der Waals surface area contributed by atoms with E-state index in [9.17, 15) is 0 Å². The molecular formula is C7H9ClN4. The Labute approximate surface area is 75.3 Å². The first-order valence-electron chi connectivity index (χ1n) is 3.76. The van der Waals surface area contributed by atoms with Gasteiger partial charge in [-0.25, -0.2) is 15.4 Å². The molecule has 0 aromatic carbocycles. The van der Waals surface area contributed by atoms with E-state index in [-0.39, 0.29) is 11.4 Å². The van der Waals surface area contributed by atoms with Crippen LogP contribution in [-0.2, 0) is 0 Å². The third-order valence-corrected chi connectivity index (χ3v) is 2.25. The molecule has 1 aromatic heterocycles. The Morgan fingerprint density at radius 2 is 2.50 bits per heavy atom. The van der Waals surface area contributed by atoms with Crippen LogP contribution < -0.4 is 10.9 Å². The minimum atomic E-state index is 0.0555. The van der Waals surface area contributed by atoms with Crippen molar-refractivity contribution < 1.29 is 0 Å². The maximum atomic E-state index is 6.03. The second-order valence-electron chi connectivity index (χ2n) is 2.65. The van der Waals surface area contributed by atoms with Crippen LogP contribution >= 0.6 is 11.6 Å². The normalized spacial score (nSPS) is 29.1. The van der Waals surface area contributed by atoms with Crippen molar-refractivity contribution in [2.75, 3.05) is 6.54 Å². The molecular weight excluding hydrogens is 176 g/mol. The largest absolute Gasteiger partial charge is 0.256 e. The summed E-state index contributed by atoms with van der Waals surface area (Å²) < 4.78 is 0. The Hall–Kier alpha value is -0.710. The zero-order valence-corrected chi connectivity index (χ0v) is 7.12. The number of nitrogens with one attached hydrogen (secondary N) is 2. The molecule has 5 heteroatoms. The van der Waals surface area contributed by atoms with Gasteiger partial charge in [-0.15, -0.1) is 11.6 Å². The van der Waals surface area contributed by atoms with Crippen molar-refractivity contribution in [3.8, 4) is 0 Å². The fraction of sp³-hybridized carbons (Fsp3) is 0.429. The number of alkyl halides is 1. The molecule has 0 radical (unpaired) electrons. The Bertz CT molecular complexity index is 253. The number of rotatable bonds is 1. The summed E-state index contributed by atoms with van der Waals surface area (Å²) in [4.78, 5) is 7.95. The van der Waals surface area contributed by atoms with E-state index in [1.807, 2.05) is 6.07 Å². The van der Waals surface area contributed by atoms with E-state index in [4.69, 9.17) is 11.6 Å². The molecule has 0 bridgehead atoms. The van der Waals surface area contributed by atoms with Gasteiger partial charge in [0.2, 0.25) is 0 Å². The van der Waals surface area contributed by atoms with E-state index in [2.05, 4.69) is 20.8 Å². The summed E-state index contributed by atoms with van der Waals surface area (Å²) >= 11 is 6.03. The van der Waals surface area contributed by atoms with E-state index in [1.54, 1.807) is 6.20 Å². The van der Waals surface area contributed by atoms with Crippen molar-refractivity contribution in [1.82, 2.24) is 20.8 Å². The van der Waals surface area contributed by atoms with Crippen LogP contribution in [0.4, 0.5) is 0 Å². The Kier molecular flexibility index (Phi) is 2.21. The number of nitrogens with zero attached hydrogens (tertiary/aromatic N) is 2. The van der Waals surface area contributed by atoms with Crippen LogP contribution in [0.3, 0.4) is 0 Å². The molecule has 2 N–H and O–H groups in total. The van der Waals surface area contributed by atoms with Gasteiger partial charge in [0.05, 0.1) is 17.1 Å². The molecule has 2 rings (SSSR count). The zero-order valence-electron chi connectivity index (χ0n) is 6.37. The van der Waals surface area contributed by atoms with E-state index in [0.717, 1.165) is 12.2 Å². The molecule has 1 aromatic rings. The number of hydrogen-bond donors (Lipinski definition) is 2. The second kappa shape index (κ2) is 3.35. The molecule has 64 valence electrons. The highest BCUT2D eigenvalue weighted by Crippen LogP contribution is 2.20. The van der Waals surface area contributed by atoms with Crippen LogP contribution in [0.25, 0.3) is 0 Å². The Morgan fingerprint density at radius 1 is 1.58 bits per heavy atom. The van der Waals surface area contributed by atoms with Crippen molar-refractivity contribution in [3.63, 3.8) is 0 Å². The average molecular weight is 185 g/mol. The van der Waals surface area contributed by atoms with Crippen LogP contribution in [0, 0.1) is 0 Å². The third kappa shape index (κ3) is 1.41. The molecule has 1 aliphatic heterocycles. The number of aromatic nitrogens is 2. The topological polar surface area (TPSA) is 49.8 Å². The quantitative estimate of drug-likeness (QED) is 0.614. The lowest BCUT2D eigenvalue weighted by molar-refractivity contribution is 0.569. The van der Waals surface area contributed by atoms with Gasteiger partial charge < -0.3 is 0 Å². The highest BCUT2D eigenvalue weighted by molar-refractivity contribution is 6.21. The SMILES string of the molecule is ClC1CNNC1c1ccncn1. The predicted molar refractivity (Wildman–Crippen MR) is 45.6 cm³/mol. The predicted octanol–water partition coefficient (Wildman–Crippen LogP) is 0.233. The van der Waals surface area contributed by atoms with Gasteiger partial charge in [0.25, 0.3) is 0 Å². The number of hydrazine groups is 1. The van der Waals surface area contributed by atoms with Crippen molar-refractivity contribution in [2.45, 2.75) is 11.4 Å². The average Bonchev–Trinajstić information content (AvgIpc) is 2.53. The Morgan fingerprint density at radius 3 is 3.08 bits per heavy atom. The van der Waals surface area contributed by atoms with Crippen molar-refractivity contribution >= 4 is 11.6 Å². The van der Waals surface area contributed by atoms with E-state index >= 15 is 0 Å². The van der Waals surface area contributed by atoms with Gasteiger partial charge in [0.15, 0.2) is 0 Å². The van der Waals surface area contributed by atoms with Crippen LogP contribution in [0.1, 0.15) is 11.7 Å². The smallest absolute Gasteiger partial charge is 0.115 e. The molecule has 1 fully saturated rings. The van der Waals surface area contributed by atoms with Gasteiger partial charge in [0.1, 0.15) is 6.33 Å². The van der Waals surface area contributed by atoms with Gasteiger partial charge in [0, 0.05) is 12.7 Å². The summed E-state index contributed by atoms with van der Waals surface area (Å²) in [6.45, 7) is 0.760. The molecule has 2 heterocycles. The Balaban J connectivity index is 2.19. The first kappa shape index (κ1) is 7.91. The molecule has 0 saturated carbocycles. The molecule has 0 spiro atoms. The summed E-state index contributed by atoms with van der Waals surface area (Å²) in [7, 11) is 0. The lowest BCUT2D eigenvalue weighted by atomic mass is 10.1. The summed E-state index contributed by atoms with van der Waals surface area (Å²) in [6.07, 6.45) is 3.24. The van der Waals surface area contributed by atoms with E-state index in [1.165, 1.54) is 6.33 Å².